The molecule has 1 saturated heterocycles. The van der Waals surface area contributed by atoms with Crippen LogP contribution in [0.2, 0.25) is 0 Å². The molecule has 106 valence electrons. The summed E-state index contributed by atoms with van der Waals surface area (Å²) in [5.41, 5.74) is -0.0711. The topological polar surface area (TPSA) is 68.9 Å². The fourth-order valence-corrected chi connectivity index (χ4v) is 2.44. The fraction of sp³-hybridized carbons (Fsp3) is 0.188. The standard InChI is InChI=1S/C16H12O5/c17-9-1-3-12-14-6-10(20-11-7-19-8-11)2-4-13(14)16(18)21-15(12)5-9/h1-6,11,17H,7-8H2. The Morgan fingerprint density at radius 1 is 1.05 bits per heavy atom. The zero-order valence-electron chi connectivity index (χ0n) is 11.0. The first-order valence-electron chi connectivity index (χ1n) is 6.65. The summed E-state index contributed by atoms with van der Waals surface area (Å²) in [6.07, 6.45) is 0.0675. The molecule has 0 aliphatic carbocycles. The lowest BCUT2D eigenvalue weighted by atomic mass is 10.1. The molecule has 0 saturated carbocycles. The van der Waals surface area contributed by atoms with Crippen molar-refractivity contribution in [2.45, 2.75) is 6.10 Å². The van der Waals surface area contributed by atoms with E-state index in [1.54, 1.807) is 24.3 Å². The number of fused-ring (bicyclic) bond motifs is 3. The zero-order chi connectivity index (χ0) is 14.4. The number of ether oxygens (including phenoxy) is 2. The number of rotatable bonds is 2. The van der Waals surface area contributed by atoms with Crippen LogP contribution in [-0.4, -0.2) is 24.4 Å². The van der Waals surface area contributed by atoms with Crippen LogP contribution in [0.4, 0.5) is 0 Å². The molecule has 1 aliphatic rings. The highest BCUT2D eigenvalue weighted by Crippen LogP contribution is 2.29. The van der Waals surface area contributed by atoms with E-state index in [0.29, 0.717) is 29.9 Å². The van der Waals surface area contributed by atoms with Gasteiger partial charge < -0.3 is 19.0 Å². The summed E-state index contributed by atoms with van der Waals surface area (Å²) in [7, 11) is 0. The molecule has 0 spiro atoms. The predicted octanol–water partition coefficient (Wildman–Crippen LogP) is 2.43. The third-order valence-corrected chi connectivity index (χ3v) is 3.58. The summed E-state index contributed by atoms with van der Waals surface area (Å²) in [6, 6.07) is 10.0. The van der Waals surface area contributed by atoms with Crippen LogP contribution in [-0.2, 0) is 4.74 Å². The molecule has 0 amide bonds. The fourth-order valence-electron chi connectivity index (χ4n) is 2.44. The van der Waals surface area contributed by atoms with E-state index in [0.717, 1.165) is 10.8 Å². The summed E-state index contributed by atoms with van der Waals surface area (Å²) in [5, 5.41) is 11.5. The van der Waals surface area contributed by atoms with Crippen LogP contribution in [0.25, 0.3) is 21.7 Å². The van der Waals surface area contributed by atoms with Crippen LogP contribution in [0, 0.1) is 0 Å². The molecular weight excluding hydrogens is 272 g/mol. The molecule has 2 heterocycles. The number of benzene rings is 2. The number of phenols is 1. The molecule has 21 heavy (non-hydrogen) atoms. The minimum absolute atomic E-state index is 0.0593. The normalized spacial score (nSPS) is 15.2. The second-order valence-corrected chi connectivity index (χ2v) is 5.05. The first kappa shape index (κ1) is 12.2. The molecule has 4 rings (SSSR count). The Labute approximate surface area is 119 Å². The molecule has 1 aromatic heterocycles. The highest BCUT2D eigenvalue weighted by Gasteiger charge is 2.20. The second-order valence-electron chi connectivity index (χ2n) is 5.05. The van der Waals surface area contributed by atoms with E-state index in [2.05, 4.69) is 0 Å². The lowest BCUT2D eigenvalue weighted by molar-refractivity contribution is -0.0796. The van der Waals surface area contributed by atoms with Crippen LogP contribution in [0.15, 0.2) is 45.6 Å². The van der Waals surface area contributed by atoms with Crippen LogP contribution in [0.1, 0.15) is 0 Å². The Morgan fingerprint density at radius 2 is 1.86 bits per heavy atom. The smallest absolute Gasteiger partial charge is 0.344 e. The first-order valence-corrected chi connectivity index (χ1v) is 6.65. The molecule has 0 unspecified atom stereocenters. The van der Waals surface area contributed by atoms with E-state index in [4.69, 9.17) is 13.9 Å². The van der Waals surface area contributed by atoms with Crippen LogP contribution >= 0.6 is 0 Å². The number of hydrogen-bond donors (Lipinski definition) is 1. The van der Waals surface area contributed by atoms with E-state index in [9.17, 15) is 9.90 Å². The zero-order valence-corrected chi connectivity index (χ0v) is 11.0. The average Bonchev–Trinajstić information content (AvgIpc) is 2.42. The number of aromatic hydroxyl groups is 1. The molecule has 0 bridgehead atoms. The molecule has 3 aromatic rings. The van der Waals surface area contributed by atoms with Gasteiger partial charge in [0.15, 0.2) is 0 Å². The van der Waals surface area contributed by atoms with E-state index < -0.39 is 5.63 Å². The Morgan fingerprint density at radius 3 is 2.62 bits per heavy atom. The molecule has 5 heteroatoms. The van der Waals surface area contributed by atoms with Gasteiger partial charge in [-0.1, -0.05) is 0 Å². The predicted molar refractivity (Wildman–Crippen MR) is 76.9 cm³/mol. The van der Waals surface area contributed by atoms with E-state index in [1.807, 2.05) is 6.07 Å². The van der Waals surface area contributed by atoms with Gasteiger partial charge in [-0.3, -0.25) is 0 Å². The van der Waals surface area contributed by atoms with Crippen LogP contribution in [0.3, 0.4) is 0 Å². The molecule has 2 aromatic carbocycles. The molecule has 0 radical (unpaired) electrons. The summed E-state index contributed by atoms with van der Waals surface area (Å²) in [6.45, 7) is 1.17. The van der Waals surface area contributed by atoms with Gasteiger partial charge in [0.2, 0.25) is 0 Å². The maximum absolute atomic E-state index is 12.0. The monoisotopic (exact) mass is 284 g/mol. The second kappa shape index (κ2) is 4.49. The van der Waals surface area contributed by atoms with E-state index >= 15 is 0 Å². The van der Waals surface area contributed by atoms with Crippen molar-refractivity contribution in [3.63, 3.8) is 0 Å². The van der Waals surface area contributed by atoms with Crippen molar-refractivity contribution in [1.82, 2.24) is 0 Å². The van der Waals surface area contributed by atoms with Crippen molar-refractivity contribution >= 4 is 21.7 Å². The van der Waals surface area contributed by atoms with Gasteiger partial charge in [0.1, 0.15) is 23.2 Å². The number of hydrogen-bond acceptors (Lipinski definition) is 5. The Balaban J connectivity index is 1.94. The van der Waals surface area contributed by atoms with Gasteiger partial charge in [-0.2, -0.15) is 0 Å². The molecule has 1 N–H and O–H groups in total. The van der Waals surface area contributed by atoms with Crippen molar-refractivity contribution in [2.75, 3.05) is 13.2 Å². The van der Waals surface area contributed by atoms with Gasteiger partial charge in [0.25, 0.3) is 0 Å². The minimum atomic E-state index is -0.429. The van der Waals surface area contributed by atoms with Crippen LogP contribution < -0.4 is 10.4 Å². The van der Waals surface area contributed by atoms with Gasteiger partial charge >= 0.3 is 5.63 Å². The molecule has 0 atom stereocenters. The van der Waals surface area contributed by atoms with Gasteiger partial charge in [0.05, 0.1) is 18.6 Å². The van der Waals surface area contributed by atoms with Crippen molar-refractivity contribution in [3.8, 4) is 11.5 Å². The van der Waals surface area contributed by atoms with Crippen molar-refractivity contribution < 1.29 is 19.0 Å². The summed E-state index contributed by atoms with van der Waals surface area (Å²) in [4.78, 5) is 12.0. The van der Waals surface area contributed by atoms with Gasteiger partial charge in [-0.15, -0.1) is 0 Å². The third kappa shape index (κ3) is 2.02. The van der Waals surface area contributed by atoms with Crippen molar-refractivity contribution in [3.05, 3.63) is 46.8 Å². The van der Waals surface area contributed by atoms with Crippen molar-refractivity contribution in [2.24, 2.45) is 0 Å². The summed E-state index contributed by atoms with van der Waals surface area (Å²) in [5.74, 6) is 0.750. The Kier molecular flexibility index (Phi) is 2.62. The average molecular weight is 284 g/mol. The summed E-state index contributed by atoms with van der Waals surface area (Å²) >= 11 is 0. The third-order valence-electron chi connectivity index (χ3n) is 3.58. The largest absolute Gasteiger partial charge is 0.508 e. The lowest BCUT2D eigenvalue weighted by Gasteiger charge is -2.26. The van der Waals surface area contributed by atoms with E-state index in [1.165, 1.54) is 6.07 Å². The SMILES string of the molecule is O=c1oc2cc(O)ccc2c2cc(OC3COC3)ccc12. The molecule has 1 fully saturated rings. The Bertz CT molecular complexity index is 892. The lowest BCUT2D eigenvalue weighted by Crippen LogP contribution is -2.38. The molecule has 5 nitrogen and oxygen atoms in total. The Hall–Kier alpha value is -2.53. The van der Waals surface area contributed by atoms with Gasteiger partial charge in [-0.05, 0) is 30.3 Å². The minimum Gasteiger partial charge on any atom is -0.508 e. The van der Waals surface area contributed by atoms with Crippen molar-refractivity contribution in [1.29, 1.82) is 0 Å². The first-order chi connectivity index (χ1) is 10.2. The highest BCUT2D eigenvalue weighted by atomic mass is 16.6. The van der Waals surface area contributed by atoms with Gasteiger partial charge in [-0.25, -0.2) is 4.79 Å². The van der Waals surface area contributed by atoms with E-state index in [-0.39, 0.29) is 11.9 Å². The molecular formula is C16H12O5. The number of phenolic OH excluding ortho intramolecular Hbond substituents is 1. The molecule has 1 aliphatic heterocycles. The summed E-state index contributed by atoms with van der Waals surface area (Å²) < 4.78 is 16.1. The van der Waals surface area contributed by atoms with Crippen LogP contribution in [0.5, 0.6) is 11.5 Å². The maximum Gasteiger partial charge on any atom is 0.344 e. The van der Waals surface area contributed by atoms with Gasteiger partial charge in [0, 0.05) is 16.8 Å². The highest BCUT2D eigenvalue weighted by molar-refractivity contribution is 6.05. The quantitative estimate of drug-likeness (QED) is 0.578. The maximum atomic E-state index is 12.0.